The number of carbonyl (C=O) groups excluding carboxylic acids is 1. The predicted octanol–water partition coefficient (Wildman–Crippen LogP) is 1.66. The molecule has 0 bridgehead atoms. The van der Waals surface area contributed by atoms with Crippen LogP contribution in [0, 0.1) is 0 Å². The van der Waals surface area contributed by atoms with Crippen LogP contribution in [0.2, 0.25) is 0 Å². The van der Waals surface area contributed by atoms with Gasteiger partial charge in [0.1, 0.15) is 0 Å². The molecule has 0 unspecified atom stereocenters. The van der Waals surface area contributed by atoms with Gasteiger partial charge in [0.2, 0.25) is 11.8 Å². The maximum absolute atomic E-state index is 12.8. The lowest BCUT2D eigenvalue weighted by Crippen LogP contribution is -2.47. The van der Waals surface area contributed by atoms with Gasteiger partial charge in [0.05, 0.1) is 19.2 Å². The van der Waals surface area contributed by atoms with Crippen molar-refractivity contribution in [3.63, 3.8) is 0 Å². The molecule has 26 heavy (non-hydrogen) atoms. The number of carbonyl (C=O) groups is 1. The Bertz CT molecular complexity index is 746. The topological polar surface area (TPSA) is 71.7 Å². The van der Waals surface area contributed by atoms with Crippen molar-refractivity contribution in [2.24, 2.45) is 0 Å². The number of ether oxygens (including phenoxy) is 1. The Morgan fingerprint density at radius 2 is 2.15 bits per heavy atom. The number of aromatic nitrogens is 2. The molecule has 1 amide bonds. The van der Waals surface area contributed by atoms with Crippen LogP contribution in [0.15, 0.2) is 28.8 Å². The number of rotatable bonds is 7. The summed E-state index contributed by atoms with van der Waals surface area (Å²) in [5.74, 6) is 1.10. The minimum absolute atomic E-state index is 0.0565. The maximum atomic E-state index is 12.8. The summed E-state index contributed by atoms with van der Waals surface area (Å²) in [5.41, 5.74) is 2.69. The molecule has 0 spiro atoms. The van der Waals surface area contributed by atoms with E-state index in [9.17, 15) is 4.79 Å². The molecular formula is C19H26N4O3. The molecule has 0 radical (unpaired) electrons. The van der Waals surface area contributed by atoms with E-state index >= 15 is 0 Å². The third kappa shape index (κ3) is 4.28. The van der Waals surface area contributed by atoms with Gasteiger partial charge in [0.15, 0.2) is 5.82 Å². The van der Waals surface area contributed by atoms with Crippen molar-refractivity contribution in [1.82, 2.24) is 19.9 Å². The van der Waals surface area contributed by atoms with Gasteiger partial charge in [0, 0.05) is 33.7 Å². The van der Waals surface area contributed by atoms with Crippen LogP contribution in [-0.2, 0) is 35.5 Å². The Hall–Kier alpha value is -2.25. The SMILES string of the molecule is COCCc1noc(CN(C)C(=O)[C@H](C)N2CCc3ccccc3C2)n1. The van der Waals surface area contributed by atoms with Gasteiger partial charge >= 0.3 is 0 Å². The number of benzene rings is 1. The van der Waals surface area contributed by atoms with E-state index in [0.717, 1.165) is 19.5 Å². The number of amides is 1. The van der Waals surface area contributed by atoms with Gasteiger partial charge in [-0.1, -0.05) is 29.4 Å². The second-order valence-corrected chi connectivity index (χ2v) is 6.71. The Kier molecular flexibility index (Phi) is 6.00. The van der Waals surface area contributed by atoms with Crippen LogP contribution in [0.25, 0.3) is 0 Å². The summed E-state index contributed by atoms with van der Waals surface area (Å²) >= 11 is 0. The van der Waals surface area contributed by atoms with Crippen LogP contribution in [0.4, 0.5) is 0 Å². The number of methoxy groups -OCH3 is 1. The predicted molar refractivity (Wildman–Crippen MR) is 96.4 cm³/mol. The summed E-state index contributed by atoms with van der Waals surface area (Å²) in [4.78, 5) is 21.0. The molecule has 1 aromatic carbocycles. The molecule has 2 aromatic rings. The van der Waals surface area contributed by atoms with Crippen molar-refractivity contribution in [3.8, 4) is 0 Å². The molecule has 0 saturated heterocycles. The highest BCUT2D eigenvalue weighted by atomic mass is 16.5. The highest BCUT2D eigenvalue weighted by Crippen LogP contribution is 2.21. The van der Waals surface area contributed by atoms with Gasteiger partial charge in [0.25, 0.3) is 0 Å². The third-order valence-corrected chi connectivity index (χ3v) is 4.85. The van der Waals surface area contributed by atoms with Gasteiger partial charge in [-0.3, -0.25) is 9.69 Å². The van der Waals surface area contributed by atoms with Crippen molar-refractivity contribution in [1.29, 1.82) is 0 Å². The zero-order valence-corrected chi connectivity index (χ0v) is 15.6. The van der Waals surface area contributed by atoms with Crippen LogP contribution in [0.3, 0.4) is 0 Å². The molecule has 0 saturated carbocycles. The van der Waals surface area contributed by atoms with Crippen LogP contribution in [0.5, 0.6) is 0 Å². The summed E-state index contributed by atoms with van der Waals surface area (Å²) in [7, 11) is 3.41. The molecule has 3 rings (SSSR count). The highest BCUT2D eigenvalue weighted by molar-refractivity contribution is 5.81. The first-order valence-corrected chi connectivity index (χ1v) is 8.94. The monoisotopic (exact) mass is 358 g/mol. The minimum Gasteiger partial charge on any atom is -0.384 e. The summed E-state index contributed by atoms with van der Waals surface area (Å²) in [6, 6.07) is 8.24. The van der Waals surface area contributed by atoms with E-state index in [0.29, 0.717) is 31.3 Å². The normalized spacial score (nSPS) is 15.5. The average molecular weight is 358 g/mol. The van der Waals surface area contributed by atoms with E-state index in [1.165, 1.54) is 11.1 Å². The molecule has 7 nitrogen and oxygen atoms in total. The van der Waals surface area contributed by atoms with Crippen molar-refractivity contribution >= 4 is 5.91 Å². The van der Waals surface area contributed by atoms with Gasteiger partial charge < -0.3 is 14.2 Å². The lowest BCUT2D eigenvalue weighted by atomic mass is 9.98. The fourth-order valence-corrected chi connectivity index (χ4v) is 3.25. The molecule has 140 valence electrons. The molecule has 1 aromatic heterocycles. The summed E-state index contributed by atoms with van der Waals surface area (Å²) in [6.45, 7) is 4.51. The van der Waals surface area contributed by atoms with Crippen molar-refractivity contribution in [3.05, 3.63) is 47.1 Å². The van der Waals surface area contributed by atoms with E-state index < -0.39 is 0 Å². The standard InChI is InChI=1S/C19H26N4O3/c1-14(23-10-8-15-6-4-5-7-16(15)12-23)19(24)22(2)13-18-20-17(21-26-18)9-11-25-3/h4-7,14H,8-13H2,1-3H3/t14-/m0/s1. The minimum atomic E-state index is -0.191. The number of nitrogens with zero attached hydrogens (tertiary/aromatic N) is 4. The average Bonchev–Trinajstić information content (AvgIpc) is 3.11. The quantitative estimate of drug-likeness (QED) is 0.750. The summed E-state index contributed by atoms with van der Waals surface area (Å²) < 4.78 is 10.2. The second-order valence-electron chi connectivity index (χ2n) is 6.71. The van der Waals surface area contributed by atoms with E-state index in [1.807, 2.05) is 6.92 Å². The van der Waals surface area contributed by atoms with Crippen LogP contribution < -0.4 is 0 Å². The first-order chi connectivity index (χ1) is 12.6. The van der Waals surface area contributed by atoms with Gasteiger partial charge in [-0.15, -0.1) is 0 Å². The first-order valence-electron chi connectivity index (χ1n) is 8.94. The number of hydrogen-bond acceptors (Lipinski definition) is 6. The lowest BCUT2D eigenvalue weighted by molar-refractivity contribution is -0.136. The fourth-order valence-electron chi connectivity index (χ4n) is 3.25. The van der Waals surface area contributed by atoms with E-state index in [4.69, 9.17) is 9.26 Å². The van der Waals surface area contributed by atoms with Gasteiger partial charge in [-0.05, 0) is 24.5 Å². The van der Waals surface area contributed by atoms with E-state index in [-0.39, 0.29) is 11.9 Å². The third-order valence-electron chi connectivity index (χ3n) is 4.85. The lowest BCUT2D eigenvalue weighted by Gasteiger charge is -2.34. The smallest absolute Gasteiger partial charge is 0.246 e. The van der Waals surface area contributed by atoms with E-state index in [1.54, 1.807) is 19.1 Å². The number of fused-ring (bicyclic) bond motifs is 1. The summed E-state index contributed by atoms with van der Waals surface area (Å²) in [6.07, 6.45) is 1.57. The maximum Gasteiger partial charge on any atom is 0.246 e. The molecule has 0 fully saturated rings. The number of likely N-dealkylation sites (N-methyl/N-ethyl adjacent to an activating group) is 1. The number of hydrogen-bond donors (Lipinski definition) is 0. The summed E-state index contributed by atoms with van der Waals surface area (Å²) in [5, 5.41) is 3.91. The van der Waals surface area contributed by atoms with Gasteiger partial charge in [-0.2, -0.15) is 4.98 Å². The van der Waals surface area contributed by atoms with Crippen LogP contribution in [-0.4, -0.2) is 59.2 Å². The molecule has 7 heteroatoms. The molecule has 0 N–H and O–H groups in total. The zero-order valence-electron chi connectivity index (χ0n) is 15.6. The van der Waals surface area contributed by atoms with Gasteiger partial charge in [-0.25, -0.2) is 0 Å². The Balaban J connectivity index is 1.57. The van der Waals surface area contributed by atoms with Crippen molar-refractivity contribution in [2.45, 2.75) is 38.9 Å². The molecule has 2 heterocycles. The molecule has 1 atom stereocenters. The van der Waals surface area contributed by atoms with Crippen molar-refractivity contribution < 1.29 is 14.1 Å². The largest absolute Gasteiger partial charge is 0.384 e. The van der Waals surface area contributed by atoms with Crippen LogP contribution >= 0.6 is 0 Å². The Labute approximate surface area is 153 Å². The Morgan fingerprint density at radius 1 is 1.38 bits per heavy atom. The highest BCUT2D eigenvalue weighted by Gasteiger charge is 2.27. The second kappa shape index (κ2) is 8.42. The fraction of sp³-hybridized carbons (Fsp3) is 0.526. The first kappa shape index (κ1) is 18.5. The van der Waals surface area contributed by atoms with E-state index in [2.05, 4.69) is 39.3 Å². The molecular weight excluding hydrogens is 332 g/mol. The van der Waals surface area contributed by atoms with Crippen LogP contribution in [0.1, 0.15) is 29.8 Å². The molecule has 1 aliphatic rings. The Morgan fingerprint density at radius 3 is 2.92 bits per heavy atom. The molecule has 1 aliphatic heterocycles. The zero-order chi connectivity index (χ0) is 18.5. The van der Waals surface area contributed by atoms with Crippen molar-refractivity contribution in [2.75, 3.05) is 27.3 Å². The molecule has 0 aliphatic carbocycles.